The number of para-hydroxylation sites is 1. The van der Waals surface area contributed by atoms with Gasteiger partial charge in [-0.2, -0.15) is 0 Å². The maximum atomic E-state index is 13.4. The molecule has 10 heteroatoms. The van der Waals surface area contributed by atoms with Crippen LogP contribution in [0.2, 0.25) is 10.0 Å². The van der Waals surface area contributed by atoms with Crippen LogP contribution in [0.25, 0.3) is 0 Å². The second kappa shape index (κ2) is 14.4. The molecule has 0 aliphatic heterocycles. The van der Waals surface area contributed by atoms with Crippen molar-refractivity contribution in [2.24, 2.45) is 0 Å². The van der Waals surface area contributed by atoms with Crippen molar-refractivity contribution in [3.05, 3.63) is 64.1 Å². The first-order valence-electron chi connectivity index (χ1n) is 12.1. The van der Waals surface area contributed by atoms with Crippen molar-refractivity contribution in [2.75, 3.05) is 23.7 Å². The van der Waals surface area contributed by atoms with Gasteiger partial charge in [-0.15, -0.1) is 0 Å². The Kier molecular flexibility index (Phi) is 12.0. The topological polar surface area (TPSA) is 86.8 Å². The molecule has 0 aliphatic rings. The Morgan fingerprint density at radius 3 is 2.31 bits per heavy atom. The third-order valence-corrected chi connectivity index (χ3v) is 7.55. The Morgan fingerprint density at radius 1 is 1.03 bits per heavy atom. The second-order valence-corrected chi connectivity index (χ2v) is 11.4. The number of nitrogens with zero attached hydrogens (tertiary/aromatic N) is 2. The van der Waals surface area contributed by atoms with E-state index in [1.54, 1.807) is 42.5 Å². The highest BCUT2D eigenvalue weighted by molar-refractivity contribution is 7.92. The highest BCUT2D eigenvalue weighted by atomic mass is 35.5. The Hall–Kier alpha value is -2.29. The number of amides is 2. The van der Waals surface area contributed by atoms with Gasteiger partial charge in [0.15, 0.2) is 0 Å². The lowest BCUT2D eigenvalue weighted by Gasteiger charge is -2.31. The molecule has 1 N–H and O–H groups in total. The number of hydrogen-bond donors (Lipinski definition) is 1. The lowest BCUT2D eigenvalue weighted by atomic mass is 10.1. The Bertz CT molecular complexity index is 1110. The summed E-state index contributed by atoms with van der Waals surface area (Å²) in [6.45, 7) is 4.72. The highest BCUT2D eigenvalue weighted by Crippen LogP contribution is 2.24. The average molecular weight is 557 g/mol. The fraction of sp³-hybridized carbons (Fsp3) is 0.462. The van der Waals surface area contributed by atoms with Crippen LogP contribution in [-0.2, 0) is 26.2 Å². The first-order valence-corrected chi connectivity index (χ1v) is 14.7. The standard InChI is InChI=1S/C26H35Cl2N3O4S/c1-4-6-16-29-26(33)24(5-2)30(19-20-14-15-21(27)18-23(20)28)25(32)13-10-17-31(36(3,34)35)22-11-8-7-9-12-22/h7-9,11-12,14-15,18,24H,4-6,10,13,16-17,19H2,1-3H3,(H,29,33)/t24-/m1/s1. The van der Waals surface area contributed by atoms with E-state index in [0.29, 0.717) is 40.7 Å². The summed E-state index contributed by atoms with van der Waals surface area (Å²) in [6.07, 6.45) is 3.72. The molecule has 1 atom stereocenters. The van der Waals surface area contributed by atoms with Crippen LogP contribution in [0.4, 0.5) is 5.69 Å². The van der Waals surface area contributed by atoms with Gasteiger partial charge in [-0.1, -0.05) is 67.7 Å². The number of carbonyl (C=O) groups is 2. The van der Waals surface area contributed by atoms with Crippen molar-refractivity contribution < 1.29 is 18.0 Å². The maximum Gasteiger partial charge on any atom is 0.242 e. The van der Waals surface area contributed by atoms with Crippen LogP contribution in [0.15, 0.2) is 48.5 Å². The number of anilines is 1. The van der Waals surface area contributed by atoms with E-state index >= 15 is 0 Å². The zero-order valence-electron chi connectivity index (χ0n) is 21.0. The molecule has 0 aliphatic carbocycles. The second-order valence-electron chi connectivity index (χ2n) is 8.60. The number of sulfonamides is 1. The van der Waals surface area contributed by atoms with Gasteiger partial charge >= 0.3 is 0 Å². The van der Waals surface area contributed by atoms with Crippen molar-refractivity contribution in [1.29, 1.82) is 0 Å². The third kappa shape index (κ3) is 8.98. The van der Waals surface area contributed by atoms with E-state index in [-0.39, 0.29) is 31.3 Å². The molecular weight excluding hydrogens is 521 g/mol. The van der Waals surface area contributed by atoms with Crippen molar-refractivity contribution >= 4 is 50.7 Å². The van der Waals surface area contributed by atoms with E-state index in [4.69, 9.17) is 23.2 Å². The van der Waals surface area contributed by atoms with Crippen LogP contribution in [-0.4, -0.2) is 50.5 Å². The molecule has 0 saturated heterocycles. The summed E-state index contributed by atoms with van der Waals surface area (Å²) >= 11 is 12.4. The first kappa shape index (κ1) is 29.9. The number of halogens is 2. The van der Waals surface area contributed by atoms with Crippen LogP contribution in [0, 0.1) is 0 Å². The molecular formula is C26H35Cl2N3O4S. The van der Waals surface area contributed by atoms with E-state index in [2.05, 4.69) is 5.32 Å². The monoisotopic (exact) mass is 555 g/mol. The molecule has 0 spiro atoms. The van der Waals surface area contributed by atoms with E-state index in [0.717, 1.165) is 19.1 Å². The zero-order valence-corrected chi connectivity index (χ0v) is 23.4. The summed E-state index contributed by atoms with van der Waals surface area (Å²) in [5, 5.41) is 3.81. The predicted molar refractivity (Wildman–Crippen MR) is 147 cm³/mol. The van der Waals surface area contributed by atoms with Gasteiger partial charge in [0, 0.05) is 36.1 Å². The number of unbranched alkanes of at least 4 members (excludes halogenated alkanes) is 1. The molecule has 0 bridgehead atoms. The highest BCUT2D eigenvalue weighted by Gasteiger charge is 2.29. The van der Waals surface area contributed by atoms with E-state index in [9.17, 15) is 18.0 Å². The molecule has 2 aromatic rings. The van der Waals surface area contributed by atoms with E-state index < -0.39 is 16.1 Å². The summed E-state index contributed by atoms with van der Waals surface area (Å²) in [5.74, 6) is -0.466. The molecule has 2 amide bonds. The van der Waals surface area contributed by atoms with Crippen molar-refractivity contribution in [3.63, 3.8) is 0 Å². The molecule has 2 aromatic carbocycles. The number of benzene rings is 2. The minimum absolute atomic E-state index is 0.0722. The quantitative estimate of drug-likeness (QED) is 0.322. The van der Waals surface area contributed by atoms with Gasteiger partial charge in [0.1, 0.15) is 6.04 Å². The number of hydrogen-bond acceptors (Lipinski definition) is 4. The Morgan fingerprint density at radius 2 is 1.72 bits per heavy atom. The number of carbonyl (C=O) groups excluding carboxylic acids is 2. The van der Waals surface area contributed by atoms with Crippen molar-refractivity contribution in [3.8, 4) is 0 Å². The normalized spacial score (nSPS) is 12.1. The summed E-state index contributed by atoms with van der Waals surface area (Å²) in [5.41, 5.74) is 1.22. The molecule has 36 heavy (non-hydrogen) atoms. The van der Waals surface area contributed by atoms with Crippen LogP contribution in [0.5, 0.6) is 0 Å². The van der Waals surface area contributed by atoms with Gasteiger partial charge < -0.3 is 10.2 Å². The number of rotatable bonds is 14. The van der Waals surface area contributed by atoms with Crippen LogP contribution < -0.4 is 9.62 Å². The summed E-state index contributed by atoms with van der Waals surface area (Å²) < 4.78 is 26.0. The molecule has 0 unspecified atom stereocenters. The molecule has 0 fully saturated rings. The smallest absolute Gasteiger partial charge is 0.242 e. The largest absolute Gasteiger partial charge is 0.354 e. The summed E-state index contributed by atoms with van der Waals surface area (Å²) in [6, 6.07) is 13.1. The maximum absolute atomic E-state index is 13.4. The molecule has 0 radical (unpaired) electrons. The van der Waals surface area contributed by atoms with Gasteiger partial charge in [-0.05, 0) is 49.1 Å². The minimum atomic E-state index is -3.53. The zero-order chi connectivity index (χ0) is 26.7. The van der Waals surface area contributed by atoms with Gasteiger partial charge in [0.25, 0.3) is 0 Å². The van der Waals surface area contributed by atoms with Crippen LogP contribution in [0.1, 0.15) is 51.5 Å². The molecule has 198 valence electrons. The molecule has 0 saturated carbocycles. The summed E-state index contributed by atoms with van der Waals surface area (Å²) in [7, 11) is -3.53. The van der Waals surface area contributed by atoms with Crippen LogP contribution in [0.3, 0.4) is 0 Å². The predicted octanol–water partition coefficient (Wildman–Crippen LogP) is 5.26. The lowest BCUT2D eigenvalue weighted by Crippen LogP contribution is -2.49. The molecule has 2 rings (SSSR count). The molecule has 7 nitrogen and oxygen atoms in total. The Labute approximate surface area is 224 Å². The third-order valence-electron chi connectivity index (χ3n) is 5.77. The fourth-order valence-corrected chi connectivity index (χ4v) is 5.29. The lowest BCUT2D eigenvalue weighted by molar-refractivity contribution is -0.141. The summed E-state index contributed by atoms with van der Waals surface area (Å²) in [4.78, 5) is 27.9. The van der Waals surface area contributed by atoms with Gasteiger partial charge in [0.05, 0.1) is 11.9 Å². The van der Waals surface area contributed by atoms with E-state index in [1.165, 1.54) is 9.21 Å². The van der Waals surface area contributed by atoms with E-state index in [1.807, 2.05) is 19.9 Å². The van der Waals surface area contributed by atoms with Crippen molar-refractivity contribution in [2.45, 2.75) is 58.5 Å². The average Bonchev–Trinajstić information content (AvgIpc) is 2.82. The molecule has 0 heterocycles. The van der Waals surface area contributed by atoms with Crippen molar-refractivity contribution in [1.82, 2.24) is 10.2 Å². The minimum Gasteiger partial charge on any atom is -0.354 e. The molecule has 0 aromatic heterocycles. The van der Waals surface area contributed by atoms with Gasteiger partial charge in [-0.3, -0.25) is 13.9 Å². The van der Waals surface area contributed by atoms with Gasteiger partial charge in [0.2, 0.25) is 21.8 Å². The number of nitrogens with one attached hydrogen (secondary N) is 1. The first-order chi connectivity index (χ1) is 17.1. The van der Waals surface area contributed by atoms with Gasteiger partial charge in [-0.25, -0.2) is 8.42 Å². The fourth-order valence-electron chi connectivity index (χ4n) is 3.86. The SMILES string of the molecule is CCCCNC(=O)[C@@H](CC)N(Cc1ccc(Cl)cc1Cl)C(=O)CCCN(c1ccccc1)S(C)(=O)=O. The Balaban J connectivity index is 2.21. The van der Waals surface area contributed by atoms with Crippen LogP contribution >= 0.6 is 23.2 Å².